The molecule has 0 aliphatic rings. The third-order valence-electron chi connectivity index (χ3n) is 2.23. The highest BCUT2D eigenvalue weighted by molar-refractivity contribution is 5.05. The van der Waals surface area contributed by atoms with Crippen LogP contribution >= 0.6 is 0 Å². The fourth-order valence-corrected chi connectivity index (χ4v) is 1.82. The van der Waals surface area contributed by atoms with Crippen LogP contribution in [0.5, 0.6) is 0 Å². The van der Waals surface area contributed by atoms with Crippen LogP contribution in [-0.4, -0.2) is 0 Å². The molecule has 2 atom stereocenters. The van der Waals surface area contributed by atoms with Crippen LogP contribution in [0.15, 0.2) is 0 Å². The number of hydrogen-bond donors (Lipinski definition) is 0. The lowest BCUT2D eigenvalue weighted by atomic mass is 9.96. The molecule has 0 heterocycles. The maximum Gasteiger partial charge on any atom is 0.0177 e. The first-order chi connectivity index (χ1) is 6.41. The average Bonchev–Trinajstić information content (AvgIpc) is 1.98. The second-order valence-electron chi connectivity index (χ2n) is 5.35. The molecule has 0 saturated heterocycles. The van der Waals surface area contributed by atoms with Gasteiger partial charge >= 0.3 is 0 Å². The van der Waals surface area contributed by atoms with Gasteiger partial charge in [0.25, 0.3) is 0 Å². The monoisotopic (exact) mass is 194 g/mol. The van der Waals surface area contributed by atoms with Gasteiger partial charge in [-0.2, -0.15) is 0 Å². The molecule has 0 aromatic carbocycles. The quantitative estimate of drug-likeness (QED) is 0.583. The fraction of sp³-hybridized carbons (Fsp3) is 0.857. The van der Waals surface area contributed by atoms with Crippen molar-refractivity contribution in [2.75, 3.05) is 0 Å². The van der Waals surface area contributed by atoms with Crippen molar-refractivity contribution in [3.8, 4) is 11.8 Å². The molecule has 0 spiro atoms. The molecule has 0 fully saturated rings. The predicted octanol–water partition coefficient (Wildman–Crippen LogP) is 4.35. The molecule has 0 heteroatoms. The summed E-state index contributed by atoms with van der Waals surface area (Å²) < 4.78 is 0. The van der Waals surface area contributed by atoms with E-state index in [-0.39, 0.29) is 0 Å². The first-order valence-corrected chi connectivity index (χ1v) is 5.92. The SMILES string of the molecule is CC(C)CC(C)C#CC(C)CC(C)C. The highest BCUT2D eigenvalue weighted by atomic mass is 14.1. The van der Waals surface area contributed by atoms with E-state index < -0.39 is 0 Å². The van der Waals surface area contributed by atoms with Crippen molar-refractivity contribution in [1.29, 1.82) is 0 Å². The Labute approximate surface area is 90.5 Å². The maximum absolute atomic E-state index is 3.37. The lowest BCUT2D eigenvalue weighted by Crippen LogP contribution is -2.00. The van der Waals surface area contributed by atoms with Crippen molar-refractivity contribution in [2.24, 2.45) is 23.7 Å². The minimum absolute atomic E-state index is 0.560. The van der Waals surface area contributed by atoms with Gasteiger partial charge in [-0.1, -0.05) is 53.4 Å². The molecule has 0 saturated carbocycles. The highest BCUT2D eigenvalue weighted by Gasteiger charge is 2.03. The molecule has 82 valence electrons. The van der Waals surface area contributed by atoms with Crippen LogP contribution in [-0.2, 0) is 0 Å². The zero-order valence-electron chi connectivity index (χ0n) is 10.7. The molecule has 0 N–H and O–H groups in total. The summed E-state index contributed by atoms with van der Waals surface area (Å²) in [5, 5.41) is 0. The van der Waals surface area contributed by atoms with Gasteiger partial charge in [-0.25, -0.2) is 0 Å². The van der Waals surface area contributed by atoms with Gasteiger partial charge in [0.15, 0.2) is 0 Å². The van der Waals surface area contributed by atoms with Gasteiger partial charge in [0.1, 0.15) is 0 Å². The largest absolute Gasteiger partial charge is 0.0999 e. The topological polar surface area (TPSA) is 0 Å². The Hall–Kier alpha value is -0.440. The molecule has 0 nitrogen and oxygen atoms in total. The Kier molecular flexibility index (Phi) is 6.71. The van der Waals surface area contributed by atoms with E-state index in [0.717, 1.165) is 11.8 Å². The second kappa shape index (κ2) is 6.93. The van der Waals surface area contributed by atoms with Gasteiger partial charge in [-0.15, -0.1) is 0 Å². The maximum atomic E-state index is 3.37. The van der Waals surface area contributed by atoms with Crippen LogP contribution in [0.3, 0.4) is 0 Å². The predicted molar refractivity (Wildman–Crippen MR) is 65.0 cm³/mol. The highest BCUT2D eigenvalue weighted by Crippen LogP contribution is 2.12. The van der Waals surface area contributed by atoms with Gasteiger partial charge in [0, 0.05) is 11.8 Å². The fourth-order valence-electron chi connectivity index (χ4n) is 1.82. The van der Waals surface area contributed by atoms with Crippen molar-refractivity contribution in [1.82, 2.24) is 0 Å². The summed E-state index contributed by atoms with van der Waals surface area (Å²) in [6.07, 6.45) is 2.45. The molecular weight excluding hydrogens is 168 g/mol. The third kappa shape index (κ3) is 8.17. The van der Waals surface area contributed by atoms with Crippen molar-refractivity contribution < 1.29 is 0 Å². The van der Waals surface area contributed by atoms with E-state index in [2.05, 4.69) is 53.4 Å². The summed E-state index contributed by atoms with van der Waals surface area (Å²) in [6.45, 7) is 13.5. The minimum Gasteiger partial charge on any atom is -0.0999 e. The van der Waals surface area contributed by atoms with Gasteiger partial charge in [0.2, 0.25) is 0 Å². The summed E-state index contributed by atoms with van der Waals surface area (Å²) in [5.74, 6) is 9.39. The zero-order valence-corrected chi connectivity index (χ0v) is 10.7. The summed E-state index contributed by atoms with van der Waals surface area (Å²) in [7, 11) is 0. The molecule has 0 aliphatic heterocycles. The smallest absolute Gasteiger partial charge is 0.0177 e. The number of rotatable bonds is 4. The minimum atomic E-state index is 0.560. The molecule has 2 unspecified atom stereocenters. The standard InChI is InChI=1S/C14H26/c1-11(2)9-13(5)7-8-14(6)10-12(3)4/h11-14H,9-10H2,1-6H3. The molecule has 0 amide bonds. The second-order valence-corrected chi connectivity index (χ2v) is 5.35. The van der Waals surface area contributed by atoms with E-state index in [1.165, 1.54) is 12.8 Å². The Morgan fingerprint density at radius 3 is 1.14 bits per heavy atom. The first kappa shape index (κ1) is 13.6. The van der Waals surface area contributed by atoms with E-state index in [4.69, 9.17) is 0 Å². The van der Waals surface area contributed by atoms with Gasteiger partial charge in [-0.05, 0) is 24.7 Å². The molecular formula is C14H26. The average molecular weight is 194 g/mol. The van der Waals surface area contributed by atoms with Crippen LogP contribution in [0, 0.1) is 35.5 Å². The van der Waals surface area contributed by atoms with Crippen LogP contribution in [0.25, 0.3) is 0 Å². The number of hydrogen-bond acceptors (Lipinski definition) is 0. The summed E-state index contributed by atoms with van der Waals surface area (Å²) >= 11 is 0. The normalized spacial score (nSPS) is 15.1. The molecule has 0 rings (SSSR count). The van der Waals surface area contributed by atoms with Crippen LogP contribution in [0.2, 0.25) is 0 Å². The van der Waals surface area contributed by atoms with Crippen molar-refractivity contribution >= 4 is 0 Å². The van der Waals surface area contributed by atoms with Crippen molar-refractivity contribution in [3.05, 3.63) is 0 Å². The van der Waals surface area contributed by atoms with Crippen LogP contribution in [0.1, 0.15) is 54.4 Å². The van der Waals surface area contributed by atoms with E-state index in [1.54, 1.807) is 0 Å². The third-order valence-corrected chi connectivity index (χ3v) is 2.23. The lowest BCUT2D eigenvalue weighted by Gasteiger charge is -2.09. The Balaban J connectivity index is 3.89. The van der Waals surface area contributed by atoms with E-state index >= 15 is 0 Å². The molecule has 0 radical (unpaired) electrons. The molecule has 0 aromatic rings. The lowest BCUT2D eigenvalue weighted by molar-refractivity contribution is 0.502. The molecule has 0 aromatic heterocycles. The van der Waals surface area contributed by atoms with E-state index in [0.29, 0.717) is 11.8 Å². The van der Waals surface area contributed by atoms with Crippen LogP contribution in [0.4, 0.5) is 0 Å². The zero-order chi connectivity index (χ0) is 11.1. The Morgan fingerprint density at radius 2 is 0.929 bits per heavy atom. The van der Waals surface area contributed by atoms with Gasteiger partial charge < -0.3 is 0 Å². The van der Waals surface area contributed by atoms with Crippen molar-refractivity contribution in [2.45, 2.75) is 54.4 Å². The van der Waals surface area contributed by atoms with Gasteiger partial charge in [0.05, 0.1) is 0 Å². The Morgan fingerprint density at radius 1 is 0.643 bits per heavy atom. The summed E-state index contributed by atoms with van der Waals surface area (Å²) in [5.41, 5.74) is 0. The molecule has 0 bridgehead atoms. The Bertz CT molecular complexity index is 170. The first-order valence-electron chi connectivity index (χ1n) is 5.92. The van der Waals surface area contributed by atoms with E-state index in [1.807, 2.05) is 0 Å². The van der Waals surface area contributed by atoms with Crippen molar-refractivity contribution in [3.63, 3.8) is 0 Å². The summed E-state index contributed by atoms with van der Waals surface area (Å²) in [4.78, 5) is 0. The van der Waals surface area contributed by atoms with Gasteiger partial charge in [-0.3, -0.25) is 0 Å². The van der Waals surface area contributed by atoms with E-state index in [9.17, 15) is 0 Å². The van der Waals surface area contributed by atoms with Crippen LogP contribution < -0.4 is 0 Å². The molecule has 0 aliphatic carbocycles. The summed E-state index contributed by atoms with van der Waals surface area (Å²) in [6, 6.07) is 0. The molecule has 14 heavy (non-hydrogen) atoms.